The van der Waals surface area contributed by atoms with Gasteiger partial charge < -0.3 is 24.9 Å². The van der Waals surface area contributed by atoms with Crippen molar-refractivity contribution in [2.75, 3.05) is 11.9 Å². The monoisotopic (exact) mass is 607 g/mol. The van der Waals surface area contributed by atoms with Crippen LogP contribution in [0.15, 0.2) is 83.4 Å². The number of carbonyl (C=O) groups is 2. The molecule has 230 valence electrons. The number of rotatable bonds is 13. The Balaban J connectivity index is 1.47. The molecule has 1 heterocycles. The molecule has 14 heteroatoms. The van der Waals surface area contributed by atoms with E-state index in [0.717, 1.165) is 21.7 Å². The fourth-order valence-corrected chi connectivity index (χ4v) is 3.90. The van der Waals surface area contributed by atoms with Crippen molar-refractivity contribution in [2.24, 2.45) is 5.84 Å². The van der Waals surface area contributed by atoms with Gasteiger partial charge in [-0.25, -0.2) is 10.2 Å². The summed E-state index contributed by atoms with van der Waals surface area (Å²) in [6, 6.07) is 15.0. The molecule has 0 spiro atoms. The first-order chi connectivity index (χ1) is 20.3. The van der Waals surface area contributed by atoms with Gasteiger partial charge in [-0.3, -0.25) is 14.4 Å². The van der Waals surface area contributed by atoms with Crippen LogP contribution in [-0.4, -0.2) is 40.5 Å². The molecule has 9 nitrogen and oxygen atoms in total. The lowest BCUT2D eigenvalue weighted by molar-refractivity contribution is -0.274. The molecule has 3 aromatic rings. The third-order valence-corrected chi connectivity index (χ3v) is 5.99. The van der Waals surface area contributed by atoms with Crippen molar-refractivity contribution in [1.82, 2.24) is 14.9 Å². The van der Waals surface area contributed by atoms with Gasteiger partial charge in [-0.15, -0.1) is 13.2 Å². The van der Waals surface area contributed by atoms with Crippen LogP contribution in [-0.2, 0) is 29.1 Å². The molecule has 0 radical (unpaired) electrons. The van der Waals surface area contributed by atoms with Crippen LogP contribution in [0.5, 0.6) is 5.75 Å². The van der Waals surface area contributed by atoms with Crippen molar-refractivity contribution >= 4 is 17.5 Å². The average Bonchev–Trinajstić information content (AvgIpc) is 2.94. The Labute approximate surface area is 243 Å². The number of ether oxygens (including phenoxy) is 1. The number of pyridine rings is 1. The molecule has 4 N–H and O–H groups in total. The number of alkyl halides is 4. The number of nitrogens with zero attached hydrogens (tertiary/aromatic N) is 2. The van der Waals surface area contributed by atoms with Crippen LogP contribution in [0.1, 0.15) is 24.5 Å². The highest BCUT2D eigenvalue weighted by atomic mass is 19.4. The largest absolute Gasteiger partial charge is 0.573 e. The minimum absolute atomic E-state index is 0.0181. The van der Waals surface area contributed by atoms with E-state index < -0.39 is 48.0 Å². The zero-order valence-corrected chi connectivity index (χ0v) is 23.0. The van der Waals surface area contributed by atoms with Crippen LogP contribution >= 0.6 is 0 Å². The number of nitrogens with two attached hydrogens (primary N) is 1. The normalized spacial score (nSPS) is 12.4. The van der Waals surface area contributed by atoms with Crippen molar-refractivity contribution in [3.05, 3.63) is 106 Å². The fraction of sp³-hybridized carbons (Fsp3) is 0.276. The van der Waals surface area contributed by atoms with Crippen molar-refractivity contribution in [1.29, 1.82) is 0 Å². The molecule has 0 aliphatic carbocycles. The highest BCUT2D eigenvalue weighted by Gasteiger charge is 2.31. The van der Waals surface area contributed by atoms with Gasteiger partial charge in [-0.2, -0.15) is 4.39 Å². The van der Waals surface area contributed by atoms with Gasteiger partial charge >= 0.3 is 6.36 Å². The third kappa shape index (κ3) is 10.9. The highest BCUT2D eigenvalue weighted by Crippen LogP contribution is 2.23. The number of benzene rings is 2. The molecular weight excluding hydrogens is 577 g/mol. The number of anilines is 1. The van der Waals surface area contributed by atoms with Gasteiger partial charge in [-0.05, 0) is 42.7 Å². The van der Waals surface area contributed by atoms with Crippen molar-refractivity contribution in [3.63, 3.8) is 0 Å². The molecule has 2 amide bonds. The lowest BCUT2D eigenvalue weighted by Crippen LogP contribution is -2.33. The van der Waals surface area contributed by atoms with Crippen LogP contribution in [0.2, 0.25) is 0 Å². The van der Waals surface area contributed by atoms with Gasteiger partial charge in [0.25, 0.3) is 5.56 Å². The number of hydrazine groups is 1. The summed E-state index contributed by atoms with van der Waals surface area (Å²) in [5.41, 5.74) is -0.205. The number of halogens is 5. The number of nitrogens with one attached hydrogen (secondary N) is 2. The van der Waals surface area contributed by atoms with Crippen molar-refractivity contribution in [3.8, 4) is 5.75 Å². The van der Waals surface area contributed by atoms with Crippen LogP contribution in [0.25, 0.3) is 0 Å². The Morgan fingerprint density at radius 1 is 1.09 bits per heavy atom. The van der Waals surface area contributed by atoms with Gasteiger partial charge in [0.05, 0.1) is 18.7 Å². The van der Waals surface area contributed by atoms with E-state index in [-0.39, 0.29) is 37.2 Å². The van der Waals surface area contributed by atoms with E-state index in [9.17, 15) is 36.3 Å². The summed E-state index contributed by atoms with van der Waals surface area (Å²) in [7, 11) is 0. The number of hydrogen-bond donors (Lipinski definition) is 3. The molecule has 1 aromatic heterocycles. The molecule has 1 unspecified atom stereocenters. The maximum Gasteiger partial charge on any atom is 0.573 e. The number of amides is 2. The first-order valence-corrected chi connectivity index (χ1v) is 13.0. The topological polar surface area (TPSA) is 119 Å². The second-order valence-corrected chi connectivity index (χ2v) is 9.53. The summed E-state index contributed by atoms with van der Waals surface area (Å²) >= 11 is 0. The quantitative estimate of drug-likeness (QED) is 0.116. The molecule has 0 saturated heterocycles. The van der Waals surface area contributed by atoms with Crippen LogP contribution in [0, 0.1) is 5.82 Å². The smallest absolute Gasteiger partial charge is 0.406 e. The lowest BCUT2D eigenvalue weighted by Gasteiger charge is -2.18. The second kappa shape index (κ2) is 15.0. The molecular formula is C29H30F5N5O4. The maximum absolute atomic E-state index is 14.6. The van der Waals surface area contributed by atoms with E-state index in [0.29, 0.717) is 11.1 Å². The summed E-state index contributed by atoms with van der Waals surface area (Å²) in [4.78, 5) is 36.9. The summed E-state index contributed by atoms with van der Waals surface area (Å²) in [5, 5.41) is 5.94. The van der Waals surface area contributed by atoms with Gasteiger partial charge in [-0.1, -0.05) is 42.5 Å². The predicted octanol–water partition coefficient (Wildman–Crippen LogP) is 4.19. The maximum atomic E-state index is 14.6. The van der Waals surface area contributed by atoms with E-state index in [1.165, 1.54) is 37.5 Å². The Bertz CT molecular complexity index is 1490. The Morgan fingerprint density at radius 3 is 2.49 bits per heavy atom. The SMILES string of the molecule is C/C(=C\N(N)CCC(F)Cn1ccc(NC(=O)Cc2ccccc2)c(F)c1=O)C(=O)NCc1cccc(OC(F)(F)F)c1. The molecule has 0 fully saturated rings. The standard InChI is InChI=1S/C29H30F5N5O4/c1-19(27(41)36-16-21-8-5-9-23(14-21)43-29(32,33)34)17-39(35)13-10-22(30)18-38-12-11-24(26(31)28(38)42)37-25(40)15-20-6-3-2-4-7-20/h2-9,11-12,14,17,22H,10,13,15-16,18,35H2,1H3,(H,36,41)(H,37,40)/b19-17+. The molecule has 2 aromatic carbocycles. The molecule has 1 atom stereocenters. The fourth-order valence-electron chi connectivity index (χ4n) is 3.90. The summed E-state index contributed by atoms with van der Waals surface area (Å²) < 4.78 is 71.1. The summed E-state index contributed by atoms with van der Waals surface area (Å²) in [6.45, 7) is 0.820. The van der Waals surface area contributed by atoms with Crippen molar-refractivity contribution in [2.45, 2.75) is 45.4 Å². The van der Waals surface area contributed by atoms with E-state index in [2.05, 4.69) is 15.4 Å². The minimum Gasteiger partial charge on any atom is -0.406 e. The van der Waals surface area contributed by atoms with Crippen LogP contribution in [0.4, 0.5) is 27.6 Å². The van der Waals surface area contributed by atoms with Gasteiger partial charge in [0.15, 0.2) is 0 Å². The van der Waals surface area contributed by atoms with E-state index in [4.69, 9.17) is 5.84 Å². The van der Waals surface area contributed by atoms with Crippen molar-refractivity contribution < 1.29 is 36.3 Å². The highest BCUT2D eigenvalue weighted by molar-refractivity contribution is 5.93. The Hall–Kier alpha value is -4.72. The Morgan fingerprint density at radius 2 is 1.79 bits per heavy atom. The lowest BCUT2D eigenvalue weighted by atomic mass is 10.1. The van der Waals surface area contributed by atoms with Gasteiger partial charge in [0, 0.05) is 31.1 Å². The molecule has 3 rings (SSSR count). The van der Waals surface area contributed by atoms with E-state index >= 15 is 0 Å². The van der Waals surface area contributed by atoms with Gasteiger partial charge in [0.1, 0.15) is 11.9 Å². The van der Waals surface area contributed by atoms with Gasteiger partial charge in [0.2, 0.25) is 17.6 Å². The number of carbonyl (C=O) groups excluding carboxylic acids is 2. The van der Waals surface area contributed by atoms with E-state index in [1.807, 2.05) is 0 Å². The first-order valence-electron chi connectivity index (χ1n) is 13.0. The minimum atomic E-state index is -4.84. The molecule has 0 aliphatic rings. The molecule has 43 heavy (non-hydrogen) atoms. The second-order valence-electron chi connectivity index (χ2n) is 9.53. The number of aromatic nitrogens is 1. The number of hydrogen-bond acceptors (Lipinski definition) is 6. The summed E-state index contributed by atoms with van der Waals surface area (Å²) in [5.74, 6) is 3.11. The molecule has 0 saturated carbocycles. The van der Waals surface area contributed by atoms with Crippen LogP contribution in [0.3, 0.4) is 0 Å². The van der Waals surface area contributed by atoms with Crippen LogP contribution < -0.4 is 26.8 Å². The third-order valence-electron chi connectivity index (χ3n) is 5.99. The molecule has 0 aliphatic heterocycles. The molecule has 0 bridgehead atoms. The summed E-state index contributed by atoms with van der Waals surface area (Å²) in [6.07, 6.45) is -4.20. The zero-order valence-electron chi connectivity index (χ0n) is 23.0. The predicted molar refractivity (Wildman–Crippen MR) is 149 cm³/mol. The Kier molecular flexibility index (Phi) is 11.4. The zero-order chi connectivity index (χ0) is 31.6. The first kappa shape index (κ1) is 32.8. The average molecular weight is 608 g/mol. The van der Waals surface area contributed by atoms with E-state index in [1.54, 1.807) is 30.3 Å².